The monoisotopic (exact) mass is 367 g/mol. The fourth-order valence-corrected chi connectivity index (χ4v) is 2.77. The third kappa shape index (κ3) is 5.53. The van der Waals surface area contributed by atoms with Crippen molar-refractivity contribution in [2.75, 3.05) is 13.4 Å². The van der Waals surface area contributed by atoms with Crippen molar-refractivity contribution in [3.63, 3.8) is 0 Å². The number of methoxy groups -OCH3 is 1. The van der Waals surface area contributed by atoms with E-state index in [9.17, 15) is 13.2 Å². The predicted octanol–water partition coefficient (Wildman–Crippen LogP) is 2.57. The van der Waals surface area contributed by atoms with Gasteiger partial charge in [0.1, 0.15) is 5.76 Å². The summed E-state index contributed by atoms with van der Waals surface area (Å²) in [5.74, 6) is 1.01. The summed E-state index contributed by atoms with van der Waals surface area (Å²) in [6.07, 6.45) is 2.86. The van der Waals surface area contributed by atoms with Crippen LogP contribution in [0, 0.1) is 0 Å². The fraction of sp³-hybridized carbons (Fsp3) is 0.353. The van der Waals surface area contributed by atoms with E-state index < -0.39 is 10.1 Å². The molecule has 1 aromatic carbocycles. The summed E-state index contributed by atoms with van der Waals surface area (Å²) in [4.78, 5) is 13.8. The van der Waals surface area contributed by atoms with Gasteiger partial charge in [-0.15, -0.1) is 0 Å². The van der Waals surface area contributed by atoms with Crippen LogP contribution < -0.4 is 8.92 Å². The number of carbonyl (C=O) groups is 1. The first kappa shape index (κ1) is 18.9. The van der Waals surface area contributed by atoms with E-state index in [4.69, 9.17) is 13.3 Å². The van der Waals surface area contributed by atoms with Crippen molar-refractivity contribution in [1.29, 1.82) is 0 Å². The Morgan fingerprint density at radius 1 is 1.20 bits per heavy atom. The van der Waals surface area contributed by atoms with Gasteiger partial charge >= 0.3 is 10.1 Å². The molecule has 7 nitrogen and oxygen atoms in total. The van der Waals surface area contributed by atoms with Gasteiger partial charge in [-0.2, -0.15) is 8.42 Å². The van der Waals surface area contributed by atoms with E-state index in [0.29, 0.717) is 30.0 Å². The molecule has 0 atom stereocenters. The maximum absolute atomic E-state index is 12.2. The zero-order chi connectivity index (χ0) is 18.4. The normalized spacial score (nSPS) is 11.2. The Kier molecular flexibility index (Phi) is 6.08. The van der Waals surface area contributed by atoms with Gasteiger partial charge in [-0.1, -0.05) is 13.0 Å². The highest BCUT2D eigenvalue weighted by Gasteiger charge is 2.17. The lowest BCUT2D eigenvalue weighted by atomic mass is 10.1. The predicted molar refractivity (Wildman–Crippen MR) is 91.7 cm³/mol. The topological polar surface area (TPSA) is 86.0 Å². The van der Waals surface area contributed by atoms with E-state index in [1.807, 2.05) is 0 Å². The van der Waals surface area contributed by atoms with Crippen LogP contribution in [0.3, 0.4) is 0 Å². The Morgan fingerprint density at radius 3 is 2.52 bits per heavy atom. The molecule has 0 bridgehead atoms. The molecule has 25 heavy (non-hydrogen) atoms. The van der Waals surface area contributed by atoms with Crippen LogP contribution in [0.4, 0.5) is 0 Å². The number of hydrogen-bond donors (Lipinski definition) is 0. The van der Waals surface area contributed by atoms with E-state index in [-0.39, 0.29) is 18.2 Å². The Labute approximate surface area is 147 Å². The number of amides is 1. The molecule has 1 aromatic heterocycles. The van der Waals surface area contributed by atoms with Crippen LogP contribution in [0.5, 0.6) is 11.5 Å². The van der Waals surface area contributed by atoms with Crippen LogP contribution in [-0.4, -0.2) is 32.6 Å². The SMILES string of the molecule is CCC(=O)N(Cc1ccc(OC)c(OS(C)(=O)=O)c1)Cc1ccco1. The molecule has 8 heteroatoms. The second-order valence-electron chi connectivity index (χ2n) is 5.46. The second-order valence-corrected chi connectivity index (χ2v) is 7.03. The molecule has 0 fully saturated rings. The molecular formula is C17H21NO6S. The number of furan rings is 1. The zero-order valence-corrected chi connectivity index (χ0v) is 15.2. The number of hydrogen-bond acceptors (Lipinski definition) is 6. The standard InChI is InChI=1S/C17H21NO6S/c1-4-17(19)18(12-14-6-5-9-23-14)11-13-7-8-15(22-2)16(10-13)24-25(3,20)21/h5-10H,4,11-12H2,1-3H3. The zero-order valence-electron chi connectivity index (χ0n) is 14.4. The molecule has 0 spiro atoms. The van der Waals surface area contributed by atoms with Crippen LogP contribution in [-0.2, 0) is 28.0 Å². The Balaban J connectivity index is 2.25. The molecule has 1 amide bonds. The quantitative estimate of drug-likeness (QED) is 0.667. The first-order valence-electron chi connectivity index (χ1n) is 7.69. The van der Waals surface area contributed by atoms with Gasteiger partial charge in [-0.05, 0) is 29.8 Å². The van der Waals surface area contributed by atoms with Crippen LogP contribution in [0.2, 0.25) is 0 Å². The minimum Gasteiger partial charge on any atom is -0.493 e. The summed E-state index contributed by atoms with van der Waals surface area (Å²) in [5, 5.41) is 0. The van der Waals surface area contributed by atoms with Crippen molar-refractivity contribution in [2.24, 2.45) is 0 Å². The number of carbonyl (C=O) groups excluding carboxylic acids is 1. The minimum atomic E-state index is -3.69. The Morgan fingerprint density at radius 2 is 1.96 bits per heavy atom. The third-order valence-electron chi connectivity index (χ3n) is 3.42. The summed E-state index contributed by atoms with van der Waals surface area (Å²) in [6.45, 7) is 2.40. The van der Waals surface area contributed by atoms with Crippen LogP contribution in [0.15, 0.2) is 41.0 Å². The van der Waals surface area contributed by atoms with Gasteiger partial charge in [0.25, 0.3) is 0 Å². The molecule has 0 unspecified atom stereocenters. The van der Waals surface area contributed by atoms with Crippen molar-refractivity contribution in [2.45, 2.75) is 26.4 Å². The van der Waals surface area contributed by atoms with Gasteiger partial charge in [0.2, 0.25) is 5.91 Å². The summed E-state index contributed by atoms with van der Waals surface area (Å²) < 4.78 is 38.2. The Bertz CT molecular complexity index is 814. The molecular weight excluding hydrogens is 346 g/mol. The smallest absolute Gasteiger partial charge is 0.306 e. The molecule has 0 radical (unpaired) electrons. The number of rotatable bonds is 8. The first-order valence-corrected chi connectivity index (χ1v) is 9.50. The summed E-state index contributed by atoms with van der Waals surface area (Å²) in [6, 6.07) is 8.47. The fourth-order valence-electron chi connectivity index (χ4n) is 2.31. The number of ether oxygens (including phenoxy) is 1. The van der Waals surface area contributed by atoms with Crippen molar-refractivity contribution in [1.82, 2.24) is 4.90 Å². The van der Waals surface area contributed by atoms with Crippen molar-refractivity contribution >= 4 is 16.0 Å². The average molecular weight is 367 g/mol. The molecule has 0 aliphatic heterocycles. The largest absolute Gasteiger partial charge is 0.493 e. The maximum Gasteiger partial charge on any atom is 0.306 e. The number of benzene rings is 1. The van der Waals surface area contributed by atoms with Crippen LogP contribution in [0.1, 0.15) is 24.7 Å². The molecule has 2 aromatic rings. The highest BCUT2D eigenvalue weighted by atomic mass is 32.2. The molecule has 0 aliphatic carbocycles. The highest BCUT2D eigenvalue weighted by molar-refractivity contribution is 7.86. The van der Waals surface area contributed by atoms with E-state index in [1.165, 1.54) is 7.11 Å². The maximum atomic E-state index is 12.2. The lowest BCUT2D eigenvalue weighted by Crippen LogP contribution is -2.29. The molecule has 136 valence electrons. The summed E-state index contributed by atoms with van der Waals surface area (Å²) in [7, 11) is -2.27. The summed E-state index contributed by atoms with van der Waals surface area (Å²) in [5.41, 5.74) is 0.716. The second kappa shape index (κ2) is 8.06. The van der Waals surface area contributed by atoms with Crippen LogP contribution >= 0.6 is 0 Å². The van der Waals surface area contributed by atoms with E-state index in [0.717, 1.165) is 6.26 Å². The van der Waals surface area contributed by atoms with Crippen molar-refractivity contribution in [3.05, 3.63) is 47.9 Å². The minimum absolute atomic E-state index is 0.0437. The molecule has 2 rings (SSSR count). The van der Waals surface area contributed by atoms with Gasteiger partial charge in [-0.3, -0.25) is 4.79 Å². The lowest BCUT2D eigenvalue weighted by molar-refractivity contribution is -0.132. The Hall–Kier alpha value is -2.48. The lowest BCUT2D eigenvalue weighted by Gasteiger charge is -2.22. The number of nitrogens with zero attached hydrogens (tertiary/aromatic N) is 1. The molecule has 0 aliphatic rings. The van der Waals surface area contributed by atoms with Crippen molar-refractivity contribution < 1.29 is 26.5 Å². The summed E-state index contributed by atoms with van der Waals surface area (Å²) >= 11 is 0. The molecule has 1 heterocycles. The molecule has 0 saturated heterocycles. The van der Waals surface area contributed by atoms with E-state index >= 15 is 0 Å². The van der Waals surface area contributed by atoms with Crippen molar-refractivity contribution in [3.8, 4) is 11.5 Å². The third-order valence-corrected chi connectivity index (χ3v) is 3.91. The van der Waals surface area contributed by atoms with Gasteiger partial charge in [-0.25, -0.2) is 0 Å². The van der Waals surface area contributed by atoms with Crippen LogP contribution in [0.25, 0.3) is 0 Å². The first-order chi connectivity index (χ1) is 11.8. The van der Waals surface area contributed by atoms with Gasteiger partial charge < -0.3 is 18.2 Å². The van der Waals surface area contributed by atoms with E-state index in [1.54, 1.807) is 48.4 Å². The van der Waals surface area contributed by atoms with Gasteiger partial charge in [0.05, 0.1) is 26.2 Å². The van der Waals surface area contributed by atoms with Gasteiger partial charge in [0.15, 0.2) is 11.5 Å². The average Bonchev–Trinajstić information content (AvgIpc) is 3.05. The highest BCUT2D eigenvalue weighted by Crippen LogP contribution is 2.30. The molecule has 0 N–H and O–H groups in total. The molecule has 0 saturated carbocycles. The van der Waals surface area contributed by atoms with Gasteiger partial charge in [0, 0.05) is 13.0 Å². The van der Waals surface area contributed by atoms with E-state index in [2.05, 4.69) is 0 Å².